The molecule has 0 saturated carbocycles. The summed E-state index contributed by atoms with van der Waals surface area (Å²) in [4.78, 5) is 25.2. The van der Waals surface area contributed by atoms with Crippen LogP contribution in [-0.4, -0.2) is 39.1 Å². The van der Waals surface area contributed by atoms with Crippen LogP contribution < -0.4 is 15.4 Å². The summed E-state index contributed by atoms with van der Waals surface area (Å²) in [6.45, 7) is 17.2. The zero-order valence-electron chi connectivity index (χ0n) is 23.0. The van der Waals surface area contributed by atoms with E-state index in [1.54, 1.807) is 57.2 Å². The van der Waals surface area contributed by atoms with Gasteiger partial charge in [-0.15, -0.1) is 0 Å². The third-order valence-electron chi connectivity index (χ3n) is 6.15. The summed E-state index contributed by atoms with van der Waals surface area (Å²) in [6, 6.07) is 14.0. The van der Waals surface area contributed by atoms with Crippen molar-refractivity contribution >= 4 is 42.7 Å². The van der Waals surface area contributed by atoms with E-state index in [1.807, 2.05) is 12.1 Å². The quantitative estimate of drug-likeness (QED) is 0.234. The highest BCUT2D eigenvalue weighted by Crippen LogP contribution is 2.36. The first-order valence-corrected chi connectivity index (χ1v) is 15.3. The van der Waals surface area contributed by atoms with E-state index in [2.05, 4.69) is 44.5 Å². The lowest BCUT2D eigenvalue weighted by Crippen LogP contribution is -2.41. The van der Waals surface area contributed by atoms with E-state index in [9.17, 15) is 9.59 Å². The molecule has 3 rings (SSSR count). The number of hydrogen-bond donors (Lipinski definition) is 2. The first kappa shape index (κ1) is 28.3. The summed E-state index contributed by atoms with van der Waals surface area (Å²) in [5.41, 5.74) is 0.665. The number of nitrogens with one attached hydrogen (secondary N) is 2. The minimum Gasteiger partial charge on any atom is -0.487 e. The second kappa shape index (κ2) is 11.0. The highest BCUT2D eigenvalue weighted by molar-refractivity contribution is 6.74. The van der Waals surface area contributed by atoms with Gasteiger partial charge in [0.15, 0.2) is 25.4 Å². The molecule has 2 N–H and O–H groups in total. The molecule has 0 fully saturated rings. The number of hydrogen-bond acceptors (Lipinski definition) is 6. The predicted molar refractivity (Wildman–Crippen MR) is 149 cm³/mol. The van der Waals surface area contributed by atoms with E-state index in [1.165, 1.54) is 0 Å². The number of fused-ring (bicyclic) bond motifs is 1. The van der Waals surface area contributed by atoms with Crippen molar-refractivity contribution in [1.82, 2.24) is 0 Å². The van der Waals surface area contributed by atoms with Crippen molar-refractivity contribution in [2.45, 2.75) is 65.3 Å². The van der Waals surface area contributed by atoms with Gasteiger partial charge in [0.05, 0.1) is 18.0 Å². The molecule has 0 radical (unpaired) electrons. The largest absolute Gasteiger partial charge is 0.487 e. The normalized spacial score (nSPS) is 12.3. The minimum atomic E-state index is -1.86. The second-order valence-electron chi connectivity index (χ2n) is 11.4. The van der Waals surface area contributed by atoms with Crippen molar-refractivity contribution in [3.8, 4) is 5.75 Å². The van der Waals surface area contributed by atoms with Gasteiger partial charge < -0.3 is 23.6 Å². The maximum absolute atomic E-state index is 13.0. The number of furan rings is 1. The first-order valence-electron chi connectivity index (χ1n) is 12.4. The molecule has 1 heterocycles. The Kier molecular flexibility index (Phi) is 8.39. The van der Waals surface area contributed by atoms with Crippen molar-refractivity contribution in [2.75, 3.05) is 23.8 Å². The molecule has 1 aromatic heterocycles. The molecule has 200 valence electrons. The molecule has 9 heteroatoms. The van der Waals surface area contributed by atoms with Gasteiger partial charge in [0.25, 0.3) is 5.91 Å². The fourth-order valence-electron chi connectivity index (χ4n) is 3.23. The van der Waals surface area contributed by atoms with Crippen molar-refractivity contribution in [2.24, 2.45) is 0 Å². The van der Waals surface area contributed by atoms with E-state index in [-0.39, 0.29) is 10.8 Å². The number of carbonyl (C=O) groups is 2. The number of para-hydroxylation sites is 3. The highest BCUT2D eigenvalue weighted by Gasteiger charge is 2.37. The molecule has 8 nitrogen and oxygen atoms in total. The van der Waals surface area contributed by atoms with Crippen LogP contribution in [0.3, 0.4) is 0 Å². The minimum absolute atomic E-state index is 0.121. The van der Waals surface area contributed by atoms with Gasteiger partial charge in [-0.1, -0.05) is 45.0 Å². The van der Waals surface area contributed by atoms with E-state index >= 15 is 0 Å². The van der Waals surface area contributed by atoms with Crippen LogP contribution in [0.25, 0.3) is 11.0 Å². The molecule has 0 spiro atoms. The third kappa shape index (κ3) is 7.59. The number of ether oxygens (including phenoxy) is 2. The molecule has 0 atom stereocenters. The van der Waals surface area contributed by atoms with Gasteiger partial charge in [0.2, 0.25) is 0 Å². The van der Waals surface area contributed by atoms with Gasteiger partial charge in [-0.05, 0) is 63.2 Å². The zero-order chi connectivity index (χ0) is 27.4. The number of rotatable bonds is 8. The maximum atomic E-state index is 13.0. The molecule has 0 bridgehead atoms. The average molecular weight is 527 g/mol. The Bertz CT molecular complexity index is 1250. The summed E-state index contributed by atoms with van der Waals surface area (Å²) >= 11 is 0. The summed E-state index contributed by atoms with van der Waals surface area (Å²) in [7, 11) is -1.86. The summed E-state index contributed by atoms with van der Waals surface area (Å²) < 4.78 is 23.3. The first-order chi connectivity index (χ1) is 17.2. The van der Waals surface area contributed by atoms with Crippen molar-refractivity contribution < 1.29 is 27.9 Å². The third-order valence-corrected chi connectivity index (χ3v) is 10.7. The van der Waals surface area contributed by atoms with E-state index in [0.717, 1.165) is 5.39 Å². The van der Waals surface area contributed by atoms with Gasteiger partial charge in [-0.3, -0.25) is 10.1 Å². The van der Waals surface area contributed by atoms with Crippen LogP contribution >= 0.6 is 0 Å². The molecule has 0 saturated heterocycles. The van der Waals surface area contributed by atoms with Gasteiger partial charge >= 0.3 is 6.09 Å². The predicted octanol–water partition coefficient (Wildman–Crippen LogP) is 7.43. The van der Waals surface area contributed by atoms with Gasteiger partial charge in [-0.2, -0.15) is 0 Å². The molecular weight excluding hydrogens is 488 g/mol. The van der Waals surface area contributed by atoms with Crippen LogP contribution in [0.1, 0.15) is 52.1 Å². The van der Waals surface area contributed by atoms with E-state index in [0.29, 0.717) is 35.9 Å². The molecule has 2 aromatic carbocycles. The number of amides is 2. The molecule has 2 amide bonds. The molecule has 0 aliphatic rings. The lowest BCUT2D eigenvalue weighted by Gasteiger charge is -2.36. The Balaban J connectivity index is 1.69. The molecule has 3 aromatic rings. The Morgan fingerprint density at radius 1 is 0.892 bits per heavy atom. The standard InChI is InChI=1S/C28H38N2O6Si/c1-27(2,3)36-26(32)30-21-14-10-9-13-20(21)29-25(31)23-18-19-12-11-15-22(24(19)35-23)33-16-17-34-37(7,8)28(4,5)6/h9-15,18H,16-17H2,1-8H3,(H,29,31)(H,30,32). The van der Waals surface area contributed by atoms with Crippen LogP contribution in [0.2, 0.25) is 18.1 Å². The van der Waals surface area contributed by atoms with Crippen LogP contribution in [-0.2, 0) is 9.16 Å². The Morgan fingerprint density at radius 3 is 2.16 bits per heavy atom. The zero-order valence-corrected chi connectivity index (χ0v) is 24.0. The Hall–Kier alpha value is -3.30. The molecule has 0 unspecified atom stereocenters. The molecule has 0 aliphatic carbocycles. The van der Waals surface area contributed by atoms with E-state index < -0.39 is 25.9 Å². The SMILES string of the molecule is CC(C)(C)OC(=O)Nc1ccccc1NC(=O)c1cc2cccc(OCCO[Si](C)(C)C(C)(C)C)c2o1. The smallest absolute Gasteiger partial charge is 0.412 e. The molecular formula is C28H38N2O6Si. The van der Waals surface area contributed by atoms with Crippen LogP contribution in [0.4, 0.5) is 16.2 Å². The highest BCUT2D eigenvalue weighted by atomic mass is 28.4. The monoisotopic (exact) mass is 526 g/mol. The Morgan fingerprint density at radius 2 is 1.54 bits per heavy atom. The van der Waals surface area contributed by atoms with Crippen molar-refractivity contribution in [3.63, 3.8) is 0 Å². The maximum Gasteiger partial charge on any atom is 0.412 e. The Labute approximate surface area is 219 Å². The number of benzene rings is 2. The molecule has 37 heavy (non-hydrogen) atoms. The second-order valence-corrected chi connectivity index (χ2v) is 16.2. The topological polar surface area (TPSA) is 99.0 Å². The fraction of sp³-hybridized carbons (Fsp3) is 0.429. The van der Waals surface area contributed by atoms with Crippen molar-refractivity contribution in [3.05, 3.63) is 54.3 Å². The van der Waals surface area contributed by atoms with Crippen LogP contribution in [0, 0.1) is 0 Å². The van der Waals surface area contributed by atoms with Crippen LogP contribution in [0.15, 0.2) is 52.9 Å². The molecule has 0 aliphatic heterocycles. The van der Waals surface area contributed by atoms with Gasteiger partial charge in [0, 0.05) is 5.39 Å². The number of anilines is 2. The lowest BCUT2D eigenvalue weighted by molar-refractivity contribution is 0.0635. The van der Waals surface area contributed by atoms with Crippen LogP contribution in [0.5, 0.6) is 5.75 Å². The van der Waals surface area contributed by atoms with E-state index in [4.69, 9.17) is 18.3 Å². The van der Waals surface area contributed by atoms with Crippen molar-refractivity contribution in [1.29, 1.82) is 0 Å². The number of carbonyl (C=O) groups excluding carboxylic acids is 2. The summed E-state index contributed by atoms with van der Waals surface area (Å²) in [6.07, 6.45) is -0.614. The van der Waals surface area contributed by atoms with Gasteiger partial charge in [-0.25, -0.2) is 4.79 Å². The fourth-order valence-corrected chi connectivity index (χ4v) is 4.25. The summed E-state index contributed by atoms with van der Waals surface area (Å²) in [5.74, 6) is 0.208. The summed E-state index contributed by atoms with van der Waals surface area (Å²) in [5, 5.41) is 6.34. The average Bonchev–Trinajstić information content (AvgIpc) is 3.21. The lowest BCUT2D eigenvalue weighted by atomic mass is 10.2. The van der Waals surface area contributed by atoms with Gasteiger partial charge in [0.1, 0.15) is 12.2 Å².